The van der Waals surface area contributed by atoms with E-state index in [2.05, 4.69) is 10.2 Å². The fourth-order valence-electron chi connectivity index (χ4n) is 2.10. The molecule has 0 unspecified atom stereocenters. The number of carbonyl (C=O) groups excluding carboxylic acids is 1. The molecule has 1 fully saturated rings. The summed E-state index contributed by atoms with van der Waals surface area (Å²) in [5.74, 6) is -0.129. The molecule has 23 heavy (non-hydrogen) atoms. The largest absolute Gasteiger partial charge is 0.420 e. The number of hydroxylamine groups is 2. The lowest BCUT2D eigenvalue weighted by Gasteiger charge is -2.17. The van der Waals surface area contributed by atoms with Crippen LogP contribution in [0.2, 0.25) is 0 Å². The van der Waals surface area contributed by atoms with Crippen molar-refractivity contribution in [3.05, 3.63) is 36.2 Å². The first-order chi connectivity index (χ1) is 11.0. The third kappa shape index (κ3) is 3.93. The first-order valence-electron chi connectivity index (χ1n) is 7.05. The molecule has 1 aliphatic rings. The summed E-state index contributed by atoms with van der Waals surface area (Å²) in [7, 11) is -3.16. The third-order valence-corrected chi connectivity index (χ3v) is 4.91. The zero-order chi connectivity index (χ0) is 16.3. The van der Waals surface area contributed by atoms with Crippen LogP contribution in [0.4, 0.5) is 0 Å². The van der Waals surface area contributed by atoms with E-state index in [1.807, 2.05) is 30.3 Å². The van der Waals surface area contributed by atoms with Crippen LogP contribution in [-0.2, 0) is 25.9 Å². The number of hydrogen-bond donors (Lipinski definition) is 0. The molecule has 8 nitrogen and oxygen atoms in total. The van der Waals surface area contributed by atoms with Gasteiger partial charge in [-0.3, -0.25) is 9.63 Å². The van der Waals surface area contributed by atoms with Crippen molar-refractivity contribution in [1.29, 1.82) is 0 Å². The van der Waals surface area contributed by atoms with Crippen molar-refractivity contribution >= 4 is 15.7 Å². The number of amides is 1. The van der Waals surface area contributed by atoms with E-state index in [0.717, 1.165) is 10.6 Å². The van der Waals surface area contributed by atoms with Crippen molar-refractivity contribution in [1.82, 2.24) is 15.3 Å². The Morgan fingerprint density at radius 1 is 1.17 bits per heavy atom. The smallest absolute Gasteiger partial charge is 0.255 e. The third-order valence-electron chi connectivity index (χ3n) is 3.32. The van der Waals surface area contributed by atoms with Crippen LogP contribution in [0, 0.1) is 0 Å². The maximum atomic E-state index is 12.2. The number of hydrogen-bond acceptors (Lipinski definition) is 7. The van der Waals surface area contributed by atoms with Gasteiger partial charge >= 0.3 is 0 Å². The Hall–Kier alpha value is -2.26. The Morgan fingerprint density at radius 3 is 2.74 bits per heavy atom. The van der Waals surface area contributed by atoms with Gasteiger partial charge in [-0.15, -0.1) is 10.2 Å². The maximum absolute atomic E-state index is 12.2. The lowest BCUT2D eigenvalue weighted by atomic mass is 10.2. The van der Waals surface area contributed by atoms with Gasteiger partial charge in [-0.05, 0) is 12.1 Å². The van der Waals surface area contributed by atoms with Gasteiger partial charge in [-0.1, -0.05) is 18.2 Å². The molecule has 0 aliphatic carbocycles. The van der Waals surface area contributed by atoms with E-state index in [1.54, 1.807) is 0 Å². The van der Waals surface area contributed by atoms with Crippen molar-refractivity contribution in [2.24, 2.45) is 0 Å². The lowest BCUT2D eigenvalue weighted by molar-refractivity contribution is -0.181. The molecule has 9 heteroatoms. The molecule has 2 heterocycles. The topological polar surface area (TPSA) is 103 Å². The van der Waals surface area contributed by atoms with E-state index >= 15 is 0 Å². The minimum atomic E-state index is -3.16. The standard InChI is InChI=1S/C14H15N3O5S/c18-13(17-6-8-23(19,20)9-7-21-17)10-12-15-16-14(22-12)11-4-2-1-3-5-11/h1-5H,6-10H2. The molecular formula is C14H15N3O5S. The highest BCUT2D eigenvalue weighted by Gasteiger charge is 2.25. The molecule has 1 amide bonds. The molecule has 1 aromatic carbocycles. The van der Waals surface area contributed by atoms with Crippen LogP contribution in [0.5, 0.6) is 0 Å². The second kappa shape index (κ2) is 6.47. The van der Waals surface area contributed by atoms with E-state index in [9.17, 15) is 13.2 Å². The number of rotatable bonds is 3. The predicted molar refractivity (Wildman–Crippen MR) is 79.8 cm³/mol. The monoisotopic (exact) mass is 337 g/mol. The average molecular weight is 337 g/mol. The molecular weight excluding hydrogens is 322 g/mol. The van der Waals surface area contributed by atoms with Gasteiger partial charge in [0, 0.05) is 5.56 Å². The fourth-order valence-corrected chi connectivity index (χ4v) is 3.08. The van der Waals surface area contributed by atoms with E-state index in [-0.39, 0.29) is 37.0 Å². The molecule has 0 atom stereocenters. The van der Waals surface area contributed by atoms with Gasteiger partial charge in [0.25, 0.3) is 5.91 Å². The van der Waals surface area contributed by atoms with Crippen molar-refractivity contribution < 1.29 is 22.5 Å². The number of sulfone groups is 1. The van der Waals surface area contributed by atoms with Gasteiger partial charge in [0.2, 0.25) is 11.8 Å². The molecule has 2 aromatic rings. The Kier molecular flexibility index (Phi) is 4.39. The average Bonchev–Trinajstić information content (AvgIpc) is 2.91. The normalized spacial score (nSPS) is 17.7. The van der Waals surface area contributed by atoms with Gasteiger partial charge in [0.15, 0.2) is 9.84 Å². The fraction of sp³-hybridized carbons (Fsp3) is 0.357. The summed E-state index contributed by atoms with van der Waals surface area (Å²) in [4.78, 5) is 17.3. The van der Waals surface area contributed by atoms with E-state index in [0.29, 0.717) is 5.89 Å². The van der Waals surface area contributed by atoms with Gasteiger partial charge < -0.3 is 4.42 Å². The molecule has 0 N–H and O–H groups in total. The molecule has 0 saturated carbocycles. The van der Waals surface area contributed by atoms with Gasteiger partial charge in [0.05, 0.1) is 24.7 Å². The minimum Gasteiger partial charge on any atom is -0.420 e. The summed E-state index contributed by atoms with van der Waals surface area (Å²) in [6, 6.07) is 9.20. The lowest BCUT2D eigenvalue weighted by Crippen LogP contribution is -2.34. The molecule has 1 aliphatic heterocycles. The van der Waals surface area contributed by atoms with Crippen molar-refractivity contribution in [3.63, 3.8) is 0 Å². The quantitative estimate of drug-likeness (QED) is 0.802. The molecule has 1 saturated heterocycles. The summed E-state index contributed by atoms with van der Waals surface area (Å²) >= 11 is 0. The summed E-state index contributed by atoms with van der Waals surface area (Å²) in [6.07, 6.45) is -0.139. The van der Waals surface area contributed by atoms with E-state index in [1.165, 1.54) is 0 Å². The number of carbonyl (C=O) groups is 1. The molecule has 3 rings (SSSR count). The van der Waals surface area contributed by atoms with Crippen LogP contribution < -0.4 is 0 Å². The molecule has 0 spiro atoms. The number of nitrogens with zero attached hydrogens (tertiary/aromatic N) is 3. The van der Waals surface area contributed by atoms with Gasteiger partial charge in [0.1, 0.15) is 6.42 Å². The van der Waals surface area contributed by atoms with Crippen LogP contribution in [0.25, 0.3) is 11.5 Å². The molecule has 0 bridgehead atoms. The Labute approximate surface area is 132 Å². The Morgan fingerprint density at radius 2 is 1.96 bits per heavy atom. The van der Waals surface area contributed by atoms with E-state index in [4.69, 9.17) is 9.25 Å². The van der Waals surface area contributed by atoms with Gasteiger partial charge in [-0.25, -0.2) is 13.5 Å². The van der Waals surface area contributed by atoms with E-state index < -0.39 is 15.7 Å². The molecule has 1 aromatic heterocycles. The SMILES string of the molecule is O=C(Cc1nnc(-c2ccccc2)o1)N1CCS(=O)(=O)CCO1. The van der Waals surface area contributed by atoms with Crippen molar-refractivity contribution in [3.8, 4) is 11.5 Å². The van der Waals surface area contributed by atoms with Crippen LogP contribution in [0.1, 0.15) is 5.89 Å². The first kappa shape index (κ1) is 15.6. The first-order valence-corrected chi connectivity index (χ1v) is 8.87. The van der Waals surface area contributed by atoms with Crippen LogP contribution in [-0.4, -0.2) is 54.2 Å². The van der Waals surface area contributed by atoms with Crippen LogP contribution >= 0.6 is 0 Å². The highest BCUT2D eigenvalue weighted by atomic mass is 32.2. The maximum Gasteiger partial charge on any atom is 0.255 e. The van der Waals surface area contributed by atoms with Gasteiger partial charge in [-0.2, -0.15) is 0 Å². The van der Waals surface area contributed by atoms with Crippen LogP contribution in [0.3, 0.4) is 0 Å². The highest BCUT2D eigenvalue weighted by molar-refractivity contribution is 7.91. The number of benzene rings is 1. The molecule has 122 valence electrons. The van der Waals surface area contributed by atoms with Crippen LogP contribution in [0.15, 0.2) is 34.7 Å². The Balaban J connectivity index is 1.65. The molecule has 0 radical (unpaired) electrons. The predicted octanol–water partition coefficient (Wildman–Crippen LogP) is 0.468. The summed E-state index contributed by atoms with van der Waals surface area (Å²) in [5.41, 5.74) is 0.760. The zero-order valence-corrected chi connectivity index (χ0v) is 13.0. The number of aromatic nitrogens is 2. The minimum absolute atomic E-state index is 0.000840. The highest BCUT2D eigenvalue weighted by Crippen LogP contribution is 2.17. The summed E-state index contributed by atoms with van der Waals surface area (Å²) in [6.45, 7) is -0.0337. The van der Waals surface area contributed by atoms with Crippen molar-refractivity contribution in [2.45, 2.75) is 6.42 Å². The second-order valence-electron chi connectivity index (χ2n) is 5.02. The second-order valence-corrected chi connectivity index (χ2v) is 7.33. The Bertz CT molecular complexity index is 788. The summed E-state index contributed by atoms with van der Waals surface area (Å²) < 4.78 is 28.5. The zero-order valence-electron chi connectivity index (χ0n) is 12.2. The van der Waals surface area contributed by atoms with Crippen molar-refractivity contribution in [2.75, 3.05) is 24.7 Å². The summed E-state index contributed by atoms with van der Waals surface area (Å²) in [5, 5.41) is 8.80.